The lowest BCUT2D eigenvalue weighted by atomic mass is 10.2. The molecule has 3 aromatic heterocycles. The van der Waals surface area contributed by atoms with Crippen molar-refractivity contribution in [2.45, 2.75) is 6.92 Å². The highest BCUT2D eigenvalue weighted by molar-refractivity contribution is 6.00. The predicted octanol–water partition coefficient (Wildman–Crippen LogP) is 3.77. The second-order valence-electron chi connectivity index (χ2n) is 7.94. The van der Waals surface area contributed by atoms with Crippen LogP contribution in [0.25, 0.3) is 23.2 Å². The Morgan fingerprint density at radius 3 is 2.62 bits per heavy atom. The number of amides is 1. The minimum absolute atomic E-state index is 0.0280. The summed E-state index contributed by atoms with van der Waals surface area (Å²) in [7, 11) is 0. The zero-order valence-electron chi connectivity index (χ0n) is 18.0. The largest absolute Gasteiger partial charge is 0.460 e. The van der Waals surface area contributed by atoms with Gasteiger partial charge >= 0.3 is 0 Å². The molecule has 4 heterocycles. The molecule has 7 heteroatoms. The van der Waals surface area contributed by atoms with E-state index >= 15 is 0 Å². The van der Waals surface area contributed by atoms with E-state index < -0.39 is 0 Å². The average molecular weight is 428 g/mol. The quantitative estimate of drug-likeness (QED) is 0.485. The van der Waals surface area contributed by atoms with Gasteiger partial charge in [0, 0.05) is 38.9 Å². The minimum atomic E-state index is -0.0280. The van der Waals surface area contributed by atoms with Gasteiger partial charge in [-0.15, -0.1) is 0 Å². The first kappa shape index (κ1) is 20.2. The Morgan fingerprint density at radius 2 is 1.88 bits per heavy atom. The number of hydrogen-bond donors (Lipinski definition) is 0. The zero-order valence-corrected chi connectivity index (χ0v) is 18.0. The molecule has 4 aromatic rings. The van der Waals surface area contributed by atoms with E-state index in [4.69, 9.17) is 4.42 Å². The maximum atomic E-state index is 13.2. The molecule has 0 N–H and O–H groups in total. The highest BCUT2D eigenvalue weighted by Gasteiger charge is 2.25. The van der Waals surface area contributed by atoms with Crippen LogP contribution in [-0.2, 0) is 0 Å². The normalized spacial score (nSPS) is 15.1. The molecule has 1 aliphatic rings. The lowest BCUT2D eigenvalue weighted by Crippen LogP contribution is -2.48. The van der Waals surface area contributed by atoms with Crippen LogP contribution in [0.4, 0.5) is 0 Å². The van der Waals surface area contributed by atoms with Gasteiger partial charge in [-0.2, -0.15) is 5.10 Å². The summed E-state index contributed by atoms with van der Waals surface area (Å²) in [6, 6.07) is 15.9. The van der Waals surface area contributed by atoms with E-state index in [1.54, 1.807) is 16.9 Å². The molecular weight excluding hydrogens is 402 g/mol. The van der Waals surface area contributed by atoms with Crippen molar-refractivity contribution in [3.05, 3.63) is 83.9 Å². The van der Waals surface area contributed by atoms with Crippen molar-refractivity contribution in [3.63, 3.8) is 0 Å². The van der Waals surface area contributed by atoms with Crippen LogP contribution in [0.3, 0.4) is 0 Å². The van der Waals surface area contributed by atoms with Gasteiger partial charge in [0.1, 0.15) is 17.0 Å². The summed E-state index contributed by atoms with van der Waals surface area (Å²) in [5.74, 6) is 1.50. The molecule has 1 amide bonds. The first-order valence-electron chi connectivity index (χ1n) is 10.8. The van der Waals surface area contributed by atoms with E-state index in [0.717, 1.165) is 31.1 Å². The van der Waals surface area contributed by atoms with Gasteiger partial charge in [-0.25, -0.2) is 9.50 Å². The summed E-state index contributed by atoms with van der Waals surface area (Å²) in [5, 5.41) is 4.43. The number of benzene rings is 1. The highest BCUT2D eigenvalue weighted by Crippen LogP contribution is 2.23. The highest BCUT2D eigenvalue weighted by atomic mass is 16.3. The molecule has 0 bridgehead atoms. The third-order valence-electron chi connectivity index (χ3n) is 5.76. The van der Waals surface area contributed by atoms with E-state index in [1.165, 1.54) is 5.56 Å². The number of rotatable bonds is 5. The molecule has 7 nitrogen and oxygen atoms in total. The number of piperazine rings is 1. The molecule has 1 aliphatic heterocycles. The number of carbonyl (C=O) groups excluding carboxylic acids is 1. The second-order valence-corrected chi connectivity index (χ2v) is 7.94. The summed E-state index contributed by atoms with van der Waals surface area (Å²) in [5.41, 5.74) is 3.05. The van der Waals surface area contributed by atoms with Gasteiger partial charge in [0.05, 0.1) is 6.20 Å². The van der Waals surface area contributed by atoms with Crippen molar-refractivity contribution in [2.75, 3.05) is 32.7 Å². The Kier molecular flexibility index (Phi) is 5.56. The maximum Gasteiger partial charge on any atom is 0.259 e. The third-order valence-corrected chi connectivity index (χ3v) is 5.76. The van der Waals surface area contributed by atoms with Crippen LogP contribution in [0.15, 0.2) is 71.4 Å². The number of aromatic nitrogens is 3. The van der Waals surface area contributed by atoms with E-state index in [2.05, 4.69) is 39.3 Å². The lowest BCUT2D eigenvalue weighted by molar-refractivity contribution is 0.0652. The maximum absolute atomic E-state index is 13.2. The van der Waals surface area contributed by atoms with Crippen LogP contribution in [0.2, 0.25) is 0 Å². The number of fused-ring (bicyclic) bond motifs is 1. The molecule has 0 aliphatic carbocycles. The molecule has 5 rings (SSSR count). The topological polar surface area (TPSA) is 66.9 Å². The summed E-state index contributed by atoms with van der Waals surface area (Å²) >= 11 is 0. The zero-order chi connectivity index (χ0) is 21.9. The van der Waals surface area contributed by atoms with Crippen molar-refractivity contribution in [1.82, 2.24) is 24.4 Å². The first-order chi connectivity index (χ1) is 15.7. The summed E-state index contributed by atoms with van der Waals surface area (Å²) in [6.45, 7) is 5.83. The molecule has 1 aromatic carbocycles. The monoisotopic (exact) mass is 427 g/mol. The van der Waals surface area contributed by atoms with Gasteiger partial charge in [-0.3, -0.25) is 9.69 Å². The van der Waals surface area contributed by atoms with Crippen LogP contribution in [-0.4, -0.2) is 63.0 Å². The van der Waals surface area contributed by atoms with Gasteiger partial charge in [0.2, 0.25) is 0 Å². The van der Waals surface area contributed by atoms with Crippen LogP contribution in [0.5, 0.6) is 0 Å². The predicted molar refractivity (Wildman–Crippen MR) is 123 cm³/mol. The smallest absolute Gasteiger partial charge is 0.259 e. The van der Waals surface area contributed by atoms with E-state index in [0.29, 0.717) is 30.1 Å². The fraction of sp³-hybridized carbons (Fsp3) is 0.240. The molecule has 0 saturated carbocycles. The van der Waals surface area contributed by atoms with Gasteiger partial charge in [-0.1, -0.05) is 42.5 Å². The van der Waals surface area contributed by atoms with E-state index in [-0.39, 0.29) is 5.91 Å². The number of nitrogens with zero attached hydrogens (tertiary/aromatic N) is 5. The Morgan fingerprint density at radius 1 is 1.06 bits per heavy atom. The molecule has 0 unspecified atom stereocenters. The van der Waals surface area contributed by atoms with Gasteiger partial charge in [-0.05, 0) is 30.7 Å². The van der Waals surface area contributed by atoms with E-state index in [1.807, 2.05) is 48.2 Å². The Hall–Kier alpha value is -3.71. The van der Waals surface area contributed by atoms with Crippen LogP contribution in [0, 0.1) is 6.92 Å². The minimum Gasteiger partial charge on any atom is -0.460 e. The third kappa shape index (κ3) is 4.07. The molecule has 0 radical (unpaired) electrons. The molecule has 32 heavy (non-hydrogen) atoms. The summed E-state index contributed by atoms with van der Waals surface area (Å²) in [6.07, 6.45) is 7.62. The van der Waals surface area contributed by atoms with Crippen molar-refractivity contribution >= 4 is 17.6 Å². The van der Waals surface area contributed by atoms with Gasteiger partial charge in [0.25, 0.3) is 5.91 Å². The molecule has 0 spiro atoms. The van der Waals surface area contributed by atoms with Crippen molar-refractivity contribution in [2.24, 2.45) is 0 Å². The van der Waals surface area contributed by atoms with Gasteiger partial charge in [0.15, 0.2) is 11.4 Å². The van der Waals surface area contributed by atoms with E-state index in [9.17, 15) is 4.79 Å². The second kappa shape index (κ2) is 8.80. The van der Waals surface area contributed by atoms with Crippen LogP contribution < -0.4 is 0 Å². The van der Waals surface area contributed by atoms with Gasteiger partial charge < -0.3 is 9.32 Å². The Bertz CT molecular complexity index is 1250. The number of furan rings is 1. The lowest BCUT2D eigenvalue weighted by Gasteiger charge is -2.34. The summed E-state index contributed by atoms with van der Waals surface area (Å²) < 4.78 is 7.42. The fourth-order valence-corrected chi connectivity index (χ4v) is 4.01. The molecule has 1 saturated heterocycles. The summed E-state index contributed by atoms with van der Waals surface area (Å²) in [4.78, 5) is 21.9. The number of aryl methyl sites for hydroxylation is 1. The standard InChI is InChI=1S/C25H25N5O2/c1-19-9-10-23(32-19)22-11-12-26-24-21(18-27-30(22)24)25(31)29-16-14-28(15-17-29)13-5-8-20-6-3-2-4-7-20/h2-12,18H,13-17H2,1H3/b8-5+. The Labute approximate surface area is 186 Å². The van der Waals surface area contributed by atoms with Crippen LogP contribution in [0.1, 0.15) is 21.7 Å². The van der Waals surface area contributed by atoms with Crippen LogP contribution >= 0.6 is 0 Å². The first-order valence-corrected chi connectivity index (χ1v) is 10.8. The van der Waals surface area contributed by atoms with Crippen molar-refractivity contribution in [1.29, 1.82) is 0 Å². The van der Waals surface area contributed by atoms with Crippen molar-refractivity contribution < 1.29 is 9.21 Å². The SMILES string of the molecule is Cc1ccc(-c2ccnc3c(C(=O)N4CCN(C/C=C/c5ccccc5)CC4)cnn23)o1. The number of hydrogen-bond acceptors (Lipinski definition) is 5. The Balaban J connectivity index is 1.25. The fourth-order valence-electron chi connectivity index (χ4n) is 4.01. The molecular formula is C25H25N5O2. The molecule has 1 fully saturated rings. The molecule has 0 atom stereocenters. The number of carbonyl (C=O) groups is 1. The molecule has 162 valence electrons. The van der Waals surface area contributed by atoms with Crippen molar-refractivity contribution in [3.8, 4) is 11.5 Å². The average Bonchev–Trinajstić information content (AvgIpc) is 3.46.